The van der Waals surface area contributed by atoms with E-state index in [0.29, 0.717) is 0 Å². The normalized spacial score (nSPS) is 17.0. The Kier molecular flexibility index (Phi) is 7.56. The fraction of sp³-hybridized carbons (Fsp3) is 0.435. The van der Waals surface area contributed by atoms with Crippen molar-refractivity contribution in [2.45, 2.75) is 37.0 Å². The summed E-state index contributed by atoms with van der Waals surface area (Å²) in [5.41, 5.74) is 1.85. The Hall–Kier alpha value is -2.05. The molecule has 1 aliphatic heterocycles. The number of carbonyl (C=O) groups excluding carboxylic acids is 1. The molecular weight excluding hydrogens is 385 g/mol. The first-order valence-electron chi connectivity index (χ1n) is 10.3. The fourth-order valence-electron chi connectivity index (χ4n) is 3.63. The first-order chi connectivity index (χ1) is 14.0. The van der Waals surface area contributed by atoms with E-state index < -0.39 is 0 Å². The summed E-state index contributed by atoms with van der Waals surface area (Å²) in [5, 5.41) is 2.85. The first kappa shape index (κ1) is 21.7. The number of anilines is 1. The monoisotopic (exact) mass is 415 g/mol. The third kappa shape index (κ3) is 5.73. The molecule has 156 valence electrons. The predicted octanol–water partition coefficient (Wildman–Crippen LogP) is 4.33. The average molecular weight is 416 g/mol. The van der Waals surface area contributed by atoms with Crippen LogP contribution in [0.5, 0.6) is 0 Å². The van der Waals surface area contributed by atoms with Crippen molar-refractivity contribution in [1.29, 1.82) is 0 Å². The summed E-state index contributed by atoms with van der Waals surface area (Å²) >= 11 is 1.52. The molecule has 1 N–H and O–H groups in total. The molecule has 0 aromatic heterocycles. The van der Waals surface area contributed by atoms with Crippen LogP contribution in [0.25, 0.3) is 0 Å². The summed E-state index contributed by atoms with van der Waals surface area (Å²) in [6.07, 6.45) is 0. The molecule has 4 nitrogen and oxygen atoms in total. The first-order valence-corrected chi connectivity index (χ1v) is 11.1. The summed E-state index contributed by atoms with van der Waals surface area (Å²) in [4.78, 5) is 18.5. The molecule has 2 aromatic carbocycles. The number of carbonyl (C=O) groups is 1. The molecule has 0 spiro atoms. The molecule has 1 heterocycles. The van der Waals surface area contributed by atoms with Crippen LogP contribution in [0.1, 0.15) is 32.4 Å². The van der Waals surface area contributed by atoms with E-state index in [-0.39, 0.29) is 23.0 Å². The van der Waals surface area contributed by atoms with Crippen LogP contribution in [0.2, 0.25) is 0 Å². The van der Waals surface area contributed by atoms with Gasteiger partial charge in [0.15, 0.2) is 0 Å². The van der Waals surface area contributed by atoms with Crippen LogP contribution in [0.3, 0.4) is 0 Å². The van der Waals surface area contributed by atoms with Crippen LogP contribution in [-0.2, 0) is 4.79 Å². The molecule has 2 atom stereocenters. The zero-order valence-corrected chi connectivity index (χ0v) is 18.2. The Morgan fingerprint density at radius 3 is 2.45 bits per heavy atom. The number of halogens is 1. The number of benzene rings is 2. The number of hydrogen-bond acceptors (Lipinski definition) is 4. The van der Waals surface area contributed by atoms with Gasteiger partial charge in [-0.05, 0) is 50.7 Å². The van der Waals surface area contributed by atoms with Crippen molar-refractivity contribution >= 4 is 23.4 Å². The molecule has 6 heteroatoms. The minimum Gasteiger partial charge on any atom is -0.369 e. The molecular formula is C23H30FN3OS. The highest BCUT2D eigenvalue weighted by molar-refractivity contribution is 8.00. The second-order valence-corrected chi connectivity index (χ2v) is 8.84. The maximum Gasteiger partial charge on any atom is 0.233 e. The Labute approximate surface area is 177 Å². The molecule has 2 unspecified atom stereocenters. The van der Waals surface area contributed by atoms with E-state index >= 15 is 0 Å². The highest BCUT2D eigenvalue weighted by atomic mass is 32.2. The molecule has 1 fully saturated rings. The Balaban J connectivity index is 1.69. The third-order valence-corrected chi connectivity index (χ3v) is 6.51. The molecule has 0 bridgehead atoms. The van der Waals surface area contributed by atoms with Crippen LogP contribution in [0.15, 0.2) is 53.4 Å². The Morgan fingerprint density at radius 2 is 1.79 bits per heavy atom. The van der Waals surface area contributed by atoms with Crippen LogP contribution in [-0.4, -0.2) is 48.8 Å². The number of thioether (sulfide) groups is 1. The largest absolute Gasteiger partial charge is 0.369 e. The summed E-state index contributed by atoms with van der Waals surface area (Å²) in [6, 6.07) is 14.5. The van der Waals surface area contributed by atoms with Gasteiger partial charge in [-0.2, -0.15) is 0 Å². The van der Waals surface area contributed by atoms with Crippen molar-refractivity contribution in [2.24, 2.45) is 0 Å². The zero-order valence-electron chi connectivity index (χ0n) is 17.4. The highest BCUT2D eigenvalue weighted by Gasteiger charge is 2.23. The molecule has 1 aliphatic rings. The van der Waals surface area contributed by atoms with Gasteiger partial charge >= 0.3 is 0 Å². The van der Waals surface area contributed by atoms with E-state index in [0.717, 1.165) is 48.9 Å². The zero-order chi connectivity index (χ0) is 20.8. The molecule has 0 saturated carbocycles. The van der Waals surface area contributed by atoms with Crippen LogP contribution in [0, 0.1) is 5.82 Å². The number of nitrogens with one attached hydrogen (secondary N) is 1. The summed E-state index contributed by atoms with van der Waals surface area (Å²) < 4.78 is 14.0. The number of nitrogens with zero attached hydrogens (tertiary/aromatic N) is 2. The van der Waals surface area contributed by atoms with E-state index in [1.165, 1.54) is 17.8 Å². The van der Waals surface area contributed by atoms with Crippen LogP contribution >= 0.6 is 11.8 Å². The Bertz CT molecular complexity index is 809. The summed E-state index contributed by atoms with van der Waals surface area (Å²) in [5.74, 6) is -0.318. The number of rotatable bonds is 7. The lowest BCUT2D eigenvalue weighted by atomic mass is 10.0. The highest BCUT2D eigenvalue weighted by Crippen LogP contribution is 2.29. The standard InChI is InChI=1S/C23H30FN3OS/c1-4-26-12-14-27(15-13-26)22-11-10-19(24)16-21(22)17(2)25-23(28)18(3)29-20-8-6-5-7-9-20/h5-11,16-18H,4,12-15H2,1-3H3,(H,25,28). The predicted molar refractivity (Wildman–Crippen MR) is 119 cm³/mol. The lowest BCUT2D eigenvalue weighted by Gasteiger charge is -2.37. The van der Waals surface area contributed by atoms with E-state index in [1.54, 1.807) is 6.07 Å². The smallest absolute Gasteiger partial charge is 0.233 e. The van der Waals surface area contributed by atoms with E-state index in [1.807, 2.05) is 50.2 Å². The topological polar surface area (TPSA) is 35.6 Å². The minimum absolute atomic E-state index is 0.0441. The number of likely N-dealkylation sites (N-methyl/N-ethyl adjacent to an activating group) is 1. The quantitative estimate of drug-likeness (QED) is 0.683. The van der Waals surface area contributed by atoms with Crippen LogP contribution < -0.4 is 10.2 Å². The minimum atomic E-state index is -0.274. The van der Waals surface area contributed by atoms with Crippen molar-refractivity contribution in [3.05, 3.63) is 59.9 Å². The van der Waals surface area contributed by atoms with Crippen LogP contribution in [0.4, 0.5) is 10.1 Å². The van der Waals surface area contributed by atoms with Gasteiger partial charge in [-0.25, -0.2) is 4.39 Å². The average Bonchev–Trinajstić information content (AvgIpc) is 2.74. The van der Waals surface area contributed by atoms with Gasteiger partial charge in [0.2, 0.25) is 5.91 Å². The molecule has 2 aromatic rings. The van der Waals surface area contributed by atoms with Gasteiger partial charge in [0, 0.05) is 42.3 Å². The lowest BCUT2D eigenvalue weighted by molar-refractivity contribution is -0.120. The number of piperazine rings is 1. The number of amides is 1. The van der Waals surface area contributed by atoms with Crippen molar-refractivity contribution in [3.8, 4) is 0 Å². The molecule has 29 heavy (non-hydrogen) atoms. The van der Waals surface area contributed by atoms with Crippen molar-refractivity contribution in [2.75, 3.05) is 37.6 Å². The maximum absolute atomic E-state index is 14.0. The van der Waals surface area contributed by atoms with Gasteiger partial charge in [-0.15, -0.1) is 11.8 Å². The summed E-state index contributed by atoms with van der Waals surface area (Å²) in [6.45, 7) is 10.9. The van der Waals surface area contributed by atoms with Gasteiger partial charge in [0.05, 0.1) is 11.3 Å². The van der Waals surface area contributed by atoms with Gasteiger partial charge in [-0.3, -0.25) is 4.79 Å². The maximum atomic E-state index is 14.0. The fourth-order valence-corrected chi connectivity index (χ4v) is 4.53. The third-order valence-electron chi connectivity index (χ3n) is 5.40. The summed E-state index contributed by atoms with van der Waals surface area (Å²) in [7, 11) is 0. The van der Waals surface area contributed by atoms with E-state index in [9.17, 15) is 9.18 Å². The van der Waals surface area contributed by atoms with E-state index in [2.05, 4.69) is 22.0 Å². The van der Waals surface area contributed by atoms with Gasteiger partial charge in [0.1, 0.15) is 5.82 Å². The Morgan fingerprint density at radius 1 is 1.10 bits per heavy atom. The van der Waals surface area contributed by atoms with Crippen molar-refractivity contribution in [1.82, 2.24) is 10.2 Å². The van der Waals surface area contributed by atoms with Crippen molar-refractivity contribution in [3.63, 3.8) is 0 Å². The SMILES string of the molecule is CCN1CCN(c2ccc(F)cc2C(C)NC(=O)C(C)Sc2ccccc2)CC1. The van der Waals surface area contributed by atoms with Crippen molar-refractivity contribution < 1.29 is 9.18 Å². The van der Waals surface area contributed by atoms with Gasteiger partial charge in [0.25, 0.3) is 0 Å². The van der Waals surface area contributed by atoms with E-state index in [4.69, 9.17) is 0 Å². The molecule has 0 radical (unpaired) electrons. The molecule has 0 aliphatic carbocycles. The molecule has 1 amide bonds. The molecule has 1 saturated heterocycles. The van der Waals surface area contributed by atoms with Gasteiger partial charge in [-0.1, -0.05) is 25.1 Å². The second kappa shape index (κ2) is 10.1. The number of hydrogen-bond donors (Lipinski definition) is 1. The van der Waals surface area contributed by atoms with Gasteiger partial charge < -0.3 is 15.1 Å². The molecule has 3 rings (SSSR count). The second-order valence-electron chi connectivity index (χ2n) is 7.43. The lowest BCUT2D eigenvalue weighted by Crippen LogP contribution is -2.46.